The van der Waals surface area contributed by atoms with E-state index in [1.54, 1.807) is 17.2 Å². The number of hydrogen-bond acceptors (Lipinski definition) is 4. The summed E-state index contributed by atoms with van der Waals surface area (Å²) in [4.78, 5) is 27.8. The lowest BCUT2D eigenvalue weighted by atomic mass is 10.2. The van der Waals surface area contributed by atoms with Crippen molar-refractivity contribution in [1.29, 1.82) is 0 Å². The molecule has 0 saturated heterocycles. The number of carbonyl (C=O) groups is 2. The van der Waals surface area contributed by atoms with E-state index in [1.807, 2.05) is 30.3 Å². The standard InChI is InChI=1S/C20H27N3O3/c1-4-22(5-2)18-10-8-17(9-11-18)21-20(25)12-13-23(16(3)24)15-19-7-6-14-26-19/h6-11,14H,4-5,12-13,15H2,1-3H3,(H,21,25). The Morgan fingerprint density at radius 1 is 1.08 bits per heavy atom. The summed E-state index contributed by atoms with van der Waals surface area (Å²) in [6.45, 7) is 8.32. The first-order valence-electron chi connectivity index (χ1n) is 8.96. The highest BCUT2D eigenvalue weighted by molar-refractivity contribution is 5.91. The van der Waals surface area contributed by atoms with Crippen LogP contribution in [0.2, 0.25) is 0 Å². The highest BCUT2D eigenvalue weighted by atomic mass is 16.3. The molecule has 2 rings (SSSR count). The molecule has 0 aliphatic carbocycles. The second kappa shape index (κ2) is 9.65. The van der Waals surface area contributed by atoms with E-state index < -0.39 is 0 Å². The predicted octanol–water partition coefficient (Wildman–Crippen LogP) is 3.50. The SMILES string of the molecule is CCN(CC)c1ccc(NC(=O)CCN(Cc2ccco2)C(C)=O)cc1. The number of nitrogens with one attached hydrogen (secondary N) is 1. The number of carbonyl (C=O) groups excluding carboxylic acids is 2. The van der Waals surface area contributed by atoms with Crippen molar-refractivity contribution in [3.8, 4) is 0 Å². The molecule has 0 unspecified atom stereocenters. The smallest absolute Gasteiger partial charge is 0.226 e. The molecule has 26 heavy (non-hydrogen) atoms. The molecule has 0 fully saturated rings. The predicted molar refractivity (Wildman–Crippen MR) is 103 cm³/mol. The molecule has 0 bridgehead atoms. The van der Waals surface area contributed by atoms with Gasteiger partial charge in [0.25, 0.3) is 0 Å². The van der Waals surface area contributed by atoms with Crippen LogP contribution >= 0.6 is 0 Å². The largest absolute Gasteiger partial charge is 0.467 e. The van der Waals surface area contributed by atoms with Gasteiger partial charge >= 0.3 is 0 Å². The molecule has 6 nitrogen and oxygen atoms in total. The van der Waals surface area contributed by atoms with Gasteiger partial charge in [0.15, 0.2) is 0 Å². The van der Waals surface area contributed by atoms with Crippen LogP contribution in [-0.4, -0.2) is 36.3 Å². The Labute approximate surface area is 154 Å². The van der Waals surface area contributed by atoms with E-state index in [-0.39, 0.29) is 18.2 Å². The molecule has 2 aromatic rings. The number of hydrogen-bond donors (Lipinski definition) is 1. The average molecular weight is 357 g/mol. The Morgan fingerprint density at radius 3 is 2.31 bits per heavy atom. The summed E-state index contributed by atoms with van der Waals surface area (Å²) in [5.41, 5.74) is 1.89. The number of rotatable bonds is 9. The fourth-order valence-corrected chi connectivity index (χ4v) is 2.74. The molecule has 0 atom stereocenters. The van der Waals surface area contributed by atoms with Crippen LogP contribution in [0.4, 0.5) is 11.4 Å². The summed E-state index contributed by atoms with van der Waals surface area (Å²) in [5, 5.41) is 2.88. The normalized spacial score (nSPS) is 10.4. The third-order valence-electron chi connectivity index (χ3n) is 4.26. The maximum Gasteiger partial charge on any atom is 0.226 e. The van der Waals surface area contributed by atoms with Crippen LogP contribution in [0.5, 0.6) is 0 Å². The quantitative estimate of drug-likeness (QED) is 0.746. The van der Waals surface area contributed by atoms with Gasteiger partial charge in [0.1, 0.15) is 5.76 Å². The van der Waals surface area contributed by atoms with Gasteiger partial charge in [-0.1, -0.05) is 0 Å². The lowest BCUT2D eigenvalue weighted by Crippen LogP contribution is -2.31. The van der Waals surface area contributed by atoms with Gasteiger partial charge in [-0.2, -0.15) is 0 Å². The van der Waals surface area contributed by atoms with E-state index in [0.29, 0.717) is 18.8 Å². The second-order valence-corrected chi connectivity index (χ2v) is 6.04. The molecule has 0 aliphatic rings. The molecule has 0 saturated carbocycles. The van der Waals surface area contributed by atoms with Crippen LogP contribution in [0.3, 0.4) is 0 Å². The van der Waals surface area contributed by atoms with Crippen molar-refractivity contribution in [2.45, 2.75) is 33.7 Å². The van der Waals surface area contributed by atoms with E-state index in [0.717, 1.165) is 24.5 Å². The molecule has 140 valence electrons. The van der Waals surface area contributed by atoms with Crippen LogP contribution in [0.15, 0.2) is 47.1 Å². The molecule has 0 spiro atoms. The third kappa shape index (κ3) is 5.65. The van der Waals surface area contributed by atoms with E-state index in [4.69, 9.17) is 4.42 Å². The highest BCUT2D eigenvalue weighted by Gasteiger charge is 2.13. The first-order valence-corrected chi connectivity index (χ1v) is 8.96. The molecule has 1 aromatic carbocycles. The van der Waals surface area contributed by atoms with Crippen molar-refractivity contribution < 1.29 is 14.0 Å². The summed E-state index contributed by atoms with van der Waals surface area (Å²) in [7, 11) is 0. The summed E-state index contributed by atoms with van der Waals surface area (Å²) < 4.78 is 5.27. The van der Waals surface area contributed by atoms with Crippen molar-refractivity contribution in [3.05, 3.63) is 48.4 Å². The molecule has 0 radical (unpaired) electrons. The Hall–Kier alpha value is -2.76. The van der Waals surface area contributed by atoms with E-state index in [2.05, 4.69) is 24.1 Å². The fourth-order valence-electron chi connectivity index (χ4n) is 2.74. The first-order chi connectivity index (χ1) is 12.5. The Bertz CT molecular complexity index is 692. The molecular weight excluding hydrogens is 330 g/mol. The minimum Gasteiger partial charge on any atom is -0.467 e. The zero-order chi connectivity index (χ0) is 18.9. The first kappa shape index (κ1) is 19.6. The minimum absolute atomic E-state index is 0.0854. The average Bonchev–Trinajstić information content (AvgIpc) is 3.14. The maximum atomic E-state index is 12.2. The van der Waals surface area contributed by atoms with Gasteiger partial charge in [-0.15, -0.1) is 0 Å². The lowest BCUT2D eigenvalue weighted by molar-refractivity contribution is -0.130. The number of amides is 2. The zero-order valence-electron chi connectivity index (χ0n) is 15.7. The number of anilines is 2. The molecule has 1 heterocycles. The third-order valence-corrected chi connectivity index (χ3v) is 4.26. The van der Waals surface area contributed by atoms with Crippen LogP contribution < -0.4 is 10.2 Å². The Morgan fingerprint density at radius 2 is 1.77 bits per heavy atom. The van der Waals surface area contributed by atoms with Gasteiger partial charge in [-0.05, 0) is 50.2 Å². The molecule has 1 aromatic heterocycles. The van der Waals surface area contributed by atoms with Crippen molar-refractivity contribution >= 4 is 23.2 Å². The van der Waals surface area contributed by atoms with Gasteiger partial charge in [0.05, 0.1) is 12.8 Å². The topological polar surface area (TPSA) is 65.8 Å². The van der Waals surface area contributed by atoms with Crippen molar-refractivity contribution in [2.24, 2.45) is 0 Å². The number of benzene rings is 1. The van der Waals surface area contributed by atoms with Crippen LogP contribution in [0.25, 0.3) is 0 Å². The van der Waals surface area contributed by atoms with Gasteiger partial charge in [0, 0.05) is 44.4 Å². The van der Waals surface area contributed by atoms with Crippen molar-refractivity contribution in [3.63, 3.8) is 0 Å². The van der Waals surface area contributed by atoms with Gasteiger partial charge in [-0.25, -0.2) is 0 Å². The van der Waals surface area contributed by atoms with Gasteiger partial charge in [0.2, 0.25) is 11.8 Å². The molecular formula is C20H27N3O3. The molecule has 1 N–H and O–H groups in total. The van der Waals surface area contributed by atoms with E-state index >= 15 is 0 Å². The van der Waals surface area contributed by atoms with Crippen molar-refractivity contribution in [2.75, 3.05) is 29.9 Å². The summed E-state index contributed by atoms with van der Waals surface area (Å²) in [5.74, 6) is 0.497. The number of nitrogens with zero attached hydrogens (tertiary/aromatic N) is 2. The summed E-state index contributed by atoms with van der Waals surface area (Å²) in [6, 6.07) is 11.4. The van der Waals surface area contributed by atoms with Crippen LogP contribution in [0, 0.1) is 0 Å². The Kier molecular flexibility index (Phi) is 7.26. The van der Waals surface area contributed by atoms with Crippen molar-refractivity contribution in [1.82, 2.24) is 4.90 Å². The van der Waals surface area contributed by atoms with Gasteiger partial charge < -0.3 is 19.5 Å². The molecule has 2 amide bonds. The monoisotopic (exact) mass is 357 g/mol. The minimum atomic E-state index is -0.119. The van der Waals surface area contributed by atoms with E-state index in [1.165, 1.54) is 6.92 Å². The van der Waals surface area contributed by atoms with Crippen LogP contribution in [-0.2, 0) is 16.1 Å². The summed E-state index contributed by atoms with van der Waals surface area (Å²) >= 11 is 0. The maximum absolute atomic E-state index is 12.2. The van der Waals surface area contributed by atoms with Gasteiger partial charge in [-0.3, -0.25) is 9.59 Å². The lowest BCUT2D eigenvalue weighted by Gasteiger charge is -2.21. The second-order valence-electron chi connectivity index (χ2n) is 6.04. The fraction of sp³-hybridized carbons (Fsp3) is 0.400. The zero-order valence-corrected chi connectivity index (χ0v) is 15.7. The number of furan rings is 1. The highest BCUT2D eigenvalue weighted by Crippen LogP contribution is 2.18. The molecule has 0 aliphatic heterocycles. The summed E-state index contributed by atoms with van der Waals surface area (Å²) in [6.07, 6.45) is 1.81. The Balaban J connectivity index is 1.86. The van der Waals surface area contributed by atoms with Crippen LogP contribution in [0.1, 0.15) is 33.0 Å². The van der Waals surface area contributed by atoms with E-state index in [9.17, 15) is 9.59 Å². The molecule has 6 heteroatoms.